The van der Waals surface area contributed by atoms with Crippen LogP contribution < -0.4 is 24.4 Å². The quantitative estimate of drug-likeness (QED) is 0.181. The Kier molecular flexibility index (Phi) is 9.68. The Balaban J connectivity index is 1.67. The Morgan fingerprint density at radius 3 is 2.58 bits per heavy atom. The molecule has 0 bridgehead atoms. The van der Waals surface area contributed by atoms with Gasteiger partial charge in [-0.2, -0.15) is 0 Å². The fourth-order valence-corrected chi connectivity index (χ4v) is 6.91. The number of rotatable bonds is 8. The number of methoxy groups -OCH3 is 1. The van der Waals surface area contributed by atoms with Crippen LogP contribution in [0.4, 0.5) is 0 Å². The zero-order valence-electron chi connectivity index (χ0n) is 23.1. The molecule has 3 aromatic carbocycles. The van der Waals surface area contributed by atoms with Crippen LogP contribution >= 0.6 is 62.1 Å². The van der Waals surface area contributed by atoms with E-state index in [2.05, 4.69) is 20.9 Å². The number of esters is 1. The van der Waals surface area contributed by atoms with Gasteiger partial charge in [0.25, 0.3) is 5.56 Å². The van der Waals surface area contributed by atoms with Gasteiger partial charge in [-0.15, -0.1) is 0 Å². The lowest BCUT2D eigenvalue weighted by atomic mass is 9.96. The Bertz CT molecular complexity index is 1950. The van der Waals surface area contributed by atoms with Crippen molar-refractivity contribution in [1.82, 2.24) is 4.57 Å². The third-order valence-electron chi connectivity index (χ3n) is 6.66. The lowest BCUT2D eigenvalue weighted by Gasteiger charge is -2.25. The highest BCUT2D eigenvalue weighted by Gasteiger charge is 2.34. The molecule has 0 radical (unpaired) electrons. The Morgan fingerprint density at radius 2 is 1.88 bits per heavy atom. The number of nitrogens with zero attached hydrogens (tertiary/aromatic N) is 2. The molecule has 0 saturated carbocycles. The maximum Gasteiger partial charge on any atom is 0.338 e. The smallest absolute Gasteiger partial charge is 0.338 e. The van der Waals surface area contributed by atoms with Crippen molar-refractivity contribution in [2.24, 2.45) is 4.99 Å². The van der Waals surface area contributed by atoms with E-state index in [9.17, 15) is 9.59 Å². The molecule has 222 valence electrons. The summed E-state index contributed by atoms with van der Waals surface area (Å²) in [5, 5.41) is 1.39. The van der Waals surface area contributed by atoms with E-state index in [0.29, 0.717) is 52.7 Å². The van der Waals surface area contributed by atoms with Gasteiger partial charge >= 0.3 is 5.97 Å². The van der Waals surface area contributed by atoms with Crippen molar-refractivity contribution in [1.29, 1.82) is 0 Å². The molecule has 0 unspecified atom stereocenters. The highest BCUT2D eigenvalue weighted by atomic mass is 79.9. The molecule has 0 N–H and O–H groups in total. The molecule has 7 nitrogen and oxygen atoms in total. The highest BCUT2D eigenvalue weighted by Crippen LogP contribution is 2.37. The second kappa shape index (κ2) is 13.3. The Labute approximate surface area is 274 Å². The lowest BCUT2D eigenvalue weighted by molar-refractivity contribution is -0.139. The average molecular weight is 723 g/mol. The number of thiazole rings is 1. The molecule has 0 spiro atoms. The fraction of sp³-hybridized carbons (Fsp3) is 0.194. The molecule has 2 heterocycles. The minimum atomic E-state index is -0.828. The van der Waals surface area contributed by atoms with Crippen LogP contribution in [-0.2, 0) is 16.1 Å². The monoisotopic (exact) mass is 720 g/mol. The standard InChI is InChI=1S/C31H24BrCl3N2O5S/c1-4-41-30(39)26-16(2)36-31-37(27(26)21-7-5-6-8-22(21)34)29(38)25(43-31)12-18-11-19(32)13-24(40-3)28(18)42-15-17-9-10-20(33)14-23(17)35/h5-14,27H,4,15H2,1-3H3/b25-12-/t27-/m1/s1. The normalized spacial score (nSPS) is 14.8. The van der Waals surface area contributed by atoms with E-state index in [1.807, 2.05) is 6.07 Å². The SMILES string of the molecule is CCOC(=O)C1=C(C)N=c2s/c(=C\c3cc(Br)cc(OC)c3OCc3ccc(Cl)cc3Cl)c(=O)n2[C@@H]1c1ccccc1Cl. The summed E-state index contributed by atoms with van der Waals surface area (Å²) in [5.41, 5.74) is 2.24. The molecule has 1 aromatic heterocycles. The fourth-order valence-electron chi connectivity index (χ4n) is 4.71. The van der Waals surface area contributed by atoms with Crippen molar-refractivity contribution >= 4 is 74.1 Å². The molecule has 0 aliphatic carbocycles. The summed E-state index contributed by atoms with van der Waals surface area (Å²) in [6, 6.07) is 15.0. The minimum absolute atomic E-state index is 0.130. The van der Waals surface area contributed by atoms with Gasteiger partial charge < -0.3 is 14.2 Å². The number of allylic oxidation sites excluding steroid dienone is 1. The number of hydrogen-bond donors (Lipinski definition) is 0. The number of carbonyl (C=O) groups is 1. The second-order valence-electron chi connectivity index (χ2n) is 9.37. The van der Waals surface area contributed by atoms with Crippen LogP contribution in [-0.4, -0.2) is 24.3 Å². The van der Waals surface area contributed by atoms with Gasteiger partial charge in [0.1, 0.15) is 12.6 Å². The minimum Gasteiger partial charge on any atom is -0.493 e. The van der Waals surface area contributed by atoms with Gasteiger partial charge in [-0.25, -0.2) is 9.79 Å². The van der Waals surface area contributed by atoms with E-state index in [0.717, 1.165) is 10.0 Å². The van der Waals surface area contributed by atoms with Crippen molar-refractivity contribution in [3.8, 4) is 11.5 Å². The first-order chi connectivity index (χ1) is 20.6. The number of halogens is 4. The zero-order valence-corrected chi connectivity index (χ0v) is 27.8. The van der Waals surface area contributed by atoms with Crippen LogP contribution in [0, 0.1) is 0 Å². The summed E-state index contributed by atoms with van der Waals surface area (Å²) >= 11 is 23.7. The topological polar surface area (TPSA) is 79.1 Å². The Morgan fingerprint density at radius 1 is 1.12 bits per heavy atom. The summed E-state index contributed by atoms with van der Waals surface area (Å²) in [6.07, 6.45) is 1.71. The first-order valence-electron chi connectivity index (χ1n) is 13.0. The maximum atomic E-state index is 14.1. The summed E-state index contributed by atoms with van der Waals surface area (Å²) in [6.45, 7) is 3.75. The van der Waals surface area contributed by atoms with Gasteiger partial charge in [0.05, 0.1) is 29.5 Å². The van der Waals surface area contributed by atoms with Crippen molar-refractivity contribution in [3.05, 3.63) is 122 Å². The van der Waals surface area contributed by atoms with Gasteiger partial charge in [-0.3, -0.25) is 9.36 Å². The van der Waals surface area contributed by atoms with E-state index < -0.39 is 12.0 Å². The number of aromatic nitrogens is 1. The number of hydrogen-bond acceptors (Lipinski definition) is 7. The molecule has 0 saturated heterocycles. The van der Waals surface area contributed by atoms with E-state index in [1.54, 1.807) is 68.5 Å². The molecular formula is C31H24BrCl3N2O5S. The number of fused-ring (bicyclic) bond motifs is 1. The number of carbonyl (C=O) groups excluding carboxylic acids is 1. The first-order valence-corrected chi connectivity index (χ1v) is 15.8. The van der Waals surface area contributed by atoms with Gasteiger partial charge in [0, 0.05) is 30.7 Å². The van der Waals surface area contributed by atoms with Crippen LogP contribution in [0.15, 0.2) is 80.1 Å². The molecule has 1 aliphatic rings. The summed E-state index contributed by atoms with van der Waals surface area (Å²) in [4.78, 5) is 32.3. The lowest BCUT2D eigenvalue weighted by Crippen LogP contribution is -2.40. The summed E-state index contributed by atoms with van der Waals surface area (Å²) < 4.78 is 19.8. The van der Waals surface area contributed by atoms with Gasteiger partial charge in [-0.05, 0) is 55.8 Å². The molecule has 4 aromatic rings. The molecule has 43 heavy (non-hydrogen) atoms. The summed E-state index contributed by atoms with van der Waals surface area (Å²) in [7, 11) is 1.53. The van der Waals surface area contributed by atoms with Crippen LogP contribution in [0.5, 0.6) is 11.5 Å². The third-order valence-corrected chi connectivity index (χ3v) is 9.03. The largest absolute Gasteiger partial charge is 0.493 e. The van der Waals surface area contributed by atoms with Crippen molar-refractivity contribution in [3.63, 3.8) is 0 Å². The van der Waals surface area contributed by atoms with Crippen LogP contribution in [0.3, 0.4) is 0 Å². The number of benzene rings is 3. The van der Waals surface area contributed by atoms with Crippen molar-refractivity contribution in [2.45, 2.75) is 26.5 Å². The maximum absolute atomic E-state index is 14.1. The summed E-state index contributed by atoms with van der Waals surface area (Å²) in [5.74, 6) is 0.303. The van der Waals surface area contributed by atoms with Gasteiger partial charge in [-0.1, -0.05) is 86.3 Å². The number of ether oxygens (including phenoxy) is 3. The molecule has 12 heteroatoms. The zero-order chi connectivity index (χ0) is 30.8. The molecule has 0 fully saturated rings. The first kappa shape index (κ1) is 31.3. The average Bonchev–Trinajstić information content (AvgIpc) is 3.26. The van der Waals surface area contributed by atoms with Gasteiger partial charge in [0.2, 0.25) is 0 Å². The highest BCUT2D eigenvalue weighted by molar-refractivity contribution is 9.10. The predicted molar refractivity (Wildman–Crippen MR) is 173 cm³/mol. The molecule has 1 atom stereocenters. The molecule has 0 amide bonds. The van der Waals surface area contributed by atoms with Crippen LogP contribution in [0.2, 0.25) is 15.1 Å². The van der Waals surface area contributed by atoms with E-state index in [4.69, 9.17) is 49.0 Å². The second-order valence-corrected chi connectivity index (χ2v) is 12.6. The predicted octanol–water partition coefficient (Wildman–Crippen LogP) is 7.11. The van der Waals surface area contributed by atoms with Crippen molar-refractivity contribution in [2.75, 3.05) is 13.7 Å². The molecule has 5 rings (SSSR count). The molecular weight excluding hydrogens is 699 g/mol. The van der Waals surface area contributed by atoms with E-state index >= 15 is 0 Å². The van der Waals surface area contributed by atoms with Crippen LogP contribution in [0.1, 0.15) is 36.6 Å². The van der Waals surface area contributed by atoms with E-state index in [1.165, 1.54) is 23.0 Å². The third kappa shape index (κ3) is 6.42. The van der Waals surface area contributed by atoms with Crippen molar-refractivity contribution < 1.29 is 19.0 Å². The van der Waals surface area contributed by atoms with Gasteiger partial charge in [0.15, 0.2) is 16.3 Å². The Hall–Kier alpha value is -3.08. The van der Waals surface area contributed by atoms with E-state index in [-0.39, 0.29) is 24.3 Å². The molecule has 1 aliphatic heterocycles. The van der Waals surface area contributed by atoms with Crippen LogP contribution in [0.25, 0.3) is 6.08 Å².